The number of thioether (sulfide) groups is 1. The van der Waals surface area contributed by atoms with Gasteiger partial charge in [-0.25, -0.2) is 8.78 Å². The minimum Gasteiger partial charge on any atom is -0.323 e. The summed E-state index contributed by atoms with van der Waals surface area (Å²) in [6, 6.07) is 2.96. The molecule has 2 heterocycles. The minimum atomic E-state index is -0.721. The first-order chi connectivity index (χ1) is 10.6. The fourth-order valence-electron chi connectivity index (χ4n) is 2.54. The van der Waals surface area contributed by atoms with Gasteiger partial charge in [-0.15, -0.1) is 0 Å². The van der Waals surface area contributed by atoms with E-state index in [0.29, 0.717) is 11.3 Å². The van der Waals surface area contributed by atoms with Crippen molar-refractivity contribution in [2.45, 2.75) is 19.8 Å². The van der Waals surface area contributed by atoms with Gasteiger partial charge in [0.1, 0.15) is 11.6 Å². The number of nitrogens with one attached hydrogen (secondary N) is 1. The van der Waals surface area contributed by atoms with Crippen molar-refractivity contribution in [3.8, 4) is 0 Å². The van der Waals surface area contributed by atoms with Crippen molar-refractivity contribution in [1.82, 2.24) is 4.90 Å². The van der Waals surface area contributed by atoms with E-state index in [4.69, 9.17) is 0 Å². The van der Waals surface area contributed by atoms with Crippen molar-refractivity contribution in [3.63, 3.8) is 0 Å². The van der Waals surface area contributed by atoms with Crippen LogP contribution >= 0.6 is 11.8 Å². The number of halogens is 2. The molecular formula is C15H15F2N3OS. The third-order valence-corrected chi connectivity index (χ3v) is 4.62. The van der Waals surface area contributed by atoms with E-state index in [0.717, 1.165) is 48.6 Å². The first-order valence-corrected chi connectivity index (χ1v) is 7.90. The highest BCUT2D eigenvalue weighted by Gasteiger charge is 2.33. The number of fused-ring (bicyclic) bond motifs is 1. The van der Waals surface area contributed by atoms with Gasteiger partial charge in [0, 0.05) is 30.5 Å². The van der Waals surface area contributed by atoms with Crippen LogP contribution in [0.15, 0.2) is 33.8 Å². The second-order valence-corrected chi connectivity index (χ2v) is 5.99. The van der Waals surface area contributed by atoms with E-state index in [1.165, 1.54) is 11.8 Å². The Bertz CT molecular complexity index is 667. The number of amides is 1. The summed E-state index contributed by atoms with van der Waals surface area (Å²) in [6.07, 6.45) is 1.66. The molecule has 3 rings (SSSR count). The molecule has 4 nitrogen and oxygen atoms in total. The molecule has 0 saturated heterocycles. The van der Waals surface area contributed by atoms with E-state index in [1.54, 1.807) is 0 Å². The first kappa shape index (κ1) is 15.0. The van der Waals surface area contributed by atoms with Gasteiger partial charge in [-0.2, -0.15) is 0 Å². The van der Waals surface area contributed by atoms with Crippen LogP contribution in [0.4, 0.5) is 14.5 Å². The molecule has 1 aromatic carbocycles. The fraction of sp³-hybridized carbons (Fsp3) is 0.333. The number of allylic oxidation sites excluding steroid dienone is 1. The number of rotatable bonds is 3. The number of carbonyl (C=O) groups is 1. The third kappa shape index (κ3) is 2.85. The Hall–Kier alpha value is -1.89. The Balaban J connectivity index is 1.84. The Morgan fingerprint density at radius 2 is 2.09 bits per heavy atom. The van der Waals surface area contributed by atoms with Crippen LogP contribution in [-0.2, 0) is 4.79 Å². The fourth-order valence-corrected chi connectivity index (χ4v) is 3.70. The molecule has 0 atom stereocenters. The molecule has 1 aromatic rings. The number of nitrogens with zero attached hydrogens (tertiary/aromatic N) is 2. The lowest BCUT2D eigenvalue weighted by atomic mass is 10.2. The predicted molar refractivity (Wildman–Crippen MR) is 83.5 cm³/mol. The number of benzene rings is 1. The molecule has 0 aliphatic carbocycles. The summed E-state index contributed by atoms with van der Waals surface area (Å²) < 4.78 is 26.4. The second kappa shape index (κ2) is 6.08. The third-order valence-electron chi connectivity index (χ3n) is 3.46. The number of hydrogen-bond acceptors (Lipinski definition) is 4. The van der Waals surface area contributed by atoms with Crippen molar-refractivity contribution in [2.75, 3.05) is 18.4 Å². The van der Waals surface area contributed by atoms with Crippen LogP contribution in [0.1, 0.15) is 19.8 Å². The summed E-state index contributed by atoms with van der Waals surface area (Å²) >= 11 is 1.32. The van der Waals surface area contributed by atoms with Gasteiger partial charge in [0.05, 0.1) is 4.91 Å². The molecule has 22 heavy (non-hydrogen) atoms. The van der Waals surface area contributed by atoms with E-state index in [9.17, 15) is 13.6 Å². The van der Waals surface area contributed by atoms with Crippen LogP contribution in [0, 0.1) is 11.6 Å². The Morgan fingerprint density at radius 3 is 2.77 bits per heavy atom. The first-order valence-electron chi connectivity index (χ1n) is 7.09. The van der Waals surface area contributed by atoms with Gasteiger partial charge in [0.15, 0.2) is 5.17 Å². The number of anilines is 1. The molecule has 7 heteroatoms. The molecule has 2 aliphatic heterocycles. The second-order valence-electron chi connectivity index (χ2n) is 5.01. The summed E-state index contributed by atoms with van der Waals surface area (Å²) in [6.45, 7) is 3.59. The normalized spacial score (nSPS) is 17.4. The van der Waals surface area contributed by atoms with E-state index in [1.807, 2.05) is 6.92 Å². The number of amidine groups is 1. The number of carbonyl (C=O) groups excluding carboxylic acids is 1. The van der Waals surface area contributed by atoms with Crippen LogP contribution in [-0.4, -0.2) is 29.1 Å². The van der Waals surface area contributed by atoms with Crippen molar-refractivity contribution >= 4 is 28.5 Å². The van der Waals surface area contributed by atoms with Gasteiger partial charge in [-0.3, -0.25) is 9.79 Å². The molecule has 1 amide bonds. The zero-order valence-electron chi connectivity index (χ0n) is 12.0. The highest BCUT2D eigenvalue weighted by molar-refractivity contribution is 8.18. The lowest BCUT2D eigenvalue weighted by Gasteiger charge is -2.24. The summed E-state index contributed by atoms with van der Waals surface area (Å²) in [5.41, 5.74) is 1.02. The van der Waals surface area contributed by atoms with Gasteiger partial charge >= 0.3 is 0 Å². The molecule has 0 saturated carbocycles. The molecule has 0 unspecified atom stereocenters. The van der Waals surface area contributed by atoms with E-state index in [2.05, 4.69) is 15.2 Å². The molecule has 2 aliphatic rings. The van der Waals surface area contributed by atoms with Gasteiger partial charge in [-0.05, 0) is 36.7 Å². The minimum absolute atomic E-state index is 0.109. The Morgan fingerprint density at radius 1 is 1.36 bits per heavy atom. The van der Waals surface area contributed by atoms with E-state index < -0.39 is 11.6 Å². The van der Waals surface area contributed by atoms with E-state index in [-0.39, 0.29) is 11.6 Å². The Kier molecular flexibility index (Phi) is 4.15. The zero-order valence-corrected chi connectivity index (χ0v) is 12.8. The lowest BCUT2D eigenvalue weighted by Crippen LogP contribution is -2.29. The molecular weight excluding hydrogens is 308 g/mol. The van der Waals surface area contributed by atoms with Crippen LogP contribution < -0.4 is 5.32 Å². The maximum absolute atomic E-state index is 13.2. The molecule has 0 spiro atoms. The standard InChI is InChI=1S/C15H15F2N3OS/c1-2-12-13(22-15-18-4-3-5-20(12)15)14(21)19-11-7-9(16)6-10(17)8-11/h6-8H,2-5H2,1H3,(H,19,21). The topological polar surface area (TPSA) is 44.7 Å². The molecule has 0 aromatic heterocycles. The van der Waals surface area contributed by atoms with Gasteiger partial charge in [0.25, 0.3) is 5.91 Å². The molecule has 0 radical (unpaired) electrons. The summed E-state index contributed by atoms with van der Waals surface area (Å²) in [5.74, 6) is -1.80. The molecule has 0 fully saturated rings. The van der Waals surface area contributed by atoms with Gasteiger partial charge in [-0.1, -0.05) is 6.92 Å². The maximum Gasteiger partial charge on any atom is 0.264 e. The van der Waals surface area contributed by atoms with Crippen molar-refractivity contribution in [1.29, 1.82) is 0 Å². The van der Waals surface area contributed by atoms with E-state index >= 15 is 0 Å². The van der Waals surface area contributed by atoms with Crippen LogP contribution in [0.25, 0.3) is 0 Å². The van der Waals surface area contributed by atoms with Gasteiger partial charge < -0.3 is 10.2 Å². The number of hydrogen-bond donors (Lipinski definition) is 1. The largest absolute Gasteiger partial charge is 0.323 e. The summed E-state index contributed by atoms with van der Waals surface area (Å²) in [7, 11) is 0. The van der Waals surface area contributed by atoms with Gasteiger partial charge in [0.2, 0.25) is 0 Å². The lowest BCUT2D eigenvalue weighted by molar-refractivity contribution is -0.112. The predicted octanol–water partition coefficient (Wildman–Crippen LogP) is 3.33. The van der Waals surface area contributed by atoms with Crippen molar-refractivity contribution < 1.29 is 13.6 Å². The monoisotopic (exact) mass is 323 g/mol. The highest BCUT2D eigenvalue weighted by Crippen LogP contribution is 2.38. The molecule has 0 bridgehead atoms. The Labute approximate surface area is 131 Å². The smallest absolute Gasteiger partial charge is 0.264 e. The van der Waals surface area contributed by atoms with Crippen molar-refractivity contribution in [2.24, 2.45) is 4.99 Å². The summed E-state index contributed by atoms with van der Waals surface area (Å²) in [4.78, 5) is 19.5. The summed E-state index contributed by atoms with van der Waals surface area (Å²) in [5, 5.41) is 3.39. The molecule has 116 valence electrons. The quantitative estimate of drug-likeness (QED) is 0.928. The zero-order chi connectivity index (χ0) is 15.7. The highest BCUT2D eigenvalue weighted by atomic mass is 32.2. The average molecular weight is 323 g/mol. The SMILES string of the molecule is CCC1=C(C(=O)Nc2cc(F)cc(F)c2)SC2=NCCCN21. The van der Waals surface area contributed by atoms with Crippen LogP contribution in [0.2, 0.25) is 0 Å². The van der Waals surface area contributed by atoms with Crippen LogP contribution in [0.3, 0.4) is 0 Å². The maximum atomic E-state index is 13.2. The molecule has 1 N–H and O–H groups in total. The number of aliphatic imine (C=N–C) groups is 1. The average Bonchev–Trinajstić information content (AvgIpc) is 2.84. The van der Waals surface area contributed by atoms with Crippen molar-refractivity contribution in [3.05, 3.63) is 40.4 Å². The van der Waals surface area contributed by atoms with Crippen LogP contribution in [0.5, 0.6) is 0 Å².